The Hall–Kier alpha value is -4.40. The Labute approximate surface area is 208 Å². The first-order chi connectivity index (χ1) is 17.4. The van der Waals surface area contributed by atoms with Crippen LogP contribution in [-0.2, 0) is 16.1 Å². The first-order valence-electron chi connectivity index (χ1n) is 11.3. The zero-order valence-electron chi connectivity index (χ0n) is 20.4. The van der Waals surface area contributed by atoms with Crippen molar-refractivity contribution in [2.24, 2.45) is 0 Å². The van der Waals surface area contributed by atoms with E-state index in [2.05, 4.69) is 0 Å². The lowest BCUT2D eigenvalue weighted by Crippen LogP contribution is -2.29. The number of aliphatic hydroxyl groups is 1. The van der Waals surface area contributed by atoms with Gasteiger partial charge in [-0.15, -0.1) is 0 Å². The number of likely N-dealkylation sites (tertiary alicyclic amines) is 1. The molecule has 1 saturated heterocycles. The van der Waals surface area contributed by atoms with E-state index in [1.807, 2.05) is 6.92 Å². The highest BCUT2D eigenvalue weighted by Gasteiger charge is 2.47. The number of furan rings is 1. The molecule has 9 heteroatoms. The van der Waals surface area contributed by atoms with Gasteiger partial charge in [0.15, 0.2) is 11.5 Å². The molecule has 1 fully saturated rings. The summed E-state index contributed by atoms with van der Waals surface area (Å²) < 4.78 is 27.4. The molecule has 1 aliphatic heterocycles. The summed E-state index contributed by atoms with van der Waals surface area (Å²) in [6, 6.07) is 12.4. The van der Waals surface area contributed by atoms with Crippen LogP contribution >= 0.6 is 0 Å². The summed E-state index contributed by atoms with van der Waals surface area (Å²) >= 11 is 0. The molecule has 1 N–H and O–H groups in total. The third-order valence-electron chi connectivity index (χ3n) is 5.87. The fourth-order valence-corrected chi connectivity index (χ4v) is 4.27. The van der Waals surface area contributed by atoms with Gasteiger partial charge < -0.3 is 33.4 Å². The maximum Gasteiger partial charge on any atom is 0.296 e. The standard InChI is InChI=1S/C27H27NO8/c1-5-35-18-9-6-8-16(12-18)24(29)22-23(17-13-20(32-2)26(34-4)21(14-17)33-3)28(27(31)25(22)30)15-19-10-7-11-36-19/h6-14,23,29H,5,15H2,1-4H3. The van der Waals surface area contributed by atoms with Crippen molar-refractivity contribution in [1.82, 2.24) is 4.90 Å². The van der Waals surface area contributed by atoms with E-state index >= 15 is 0 Å². The molecule has 0 aliphatic carbocycles. The van der Waals surface area contributed by atoms with Gasteiger partial charge >= 0.3 is 0 Å². The molecule has 0 bridgehead atoms. The van der Waals surface area contributed by atoms with E-state index in [9.17, 15) is 14.7 Å². The summed E-state index contributed by atoms with van der Waals surface area (Å²) in [6.45, 7) is 2.29. The van der Waals surface area contributed by atoms with Crippen LogP contribution in [0.1, 0.15) is 29.9 Å². The van der Waals surface area contributed by atoms with Crippen LogP contribution in [0.2, 0.25) is 0 Å². The summed E-state index contributed by atoms with van der Waals surface area (Å²) in [7, 11) is 4.43. The predicted octanol–water partition coefficient (Wildman–Crippen LogP) is 4.33. The summed E-state index contributed by atoms with van der Waals surface area (Å²) in [5.74, 6) is 0.130. The number of methoxy groups -OCH3 is 3. The molecule has 1 amide bonds. The van der Waals surface area contributed by atoms with E-state index < -0.39 is 17.7 Å². The number of hydrogen-bond acceptors (Lipinski definition) is 8. The summed E-state index contributed by atoms with van der Waals surface area (Å²) in [5.41, 5.74) is 0.752. The molecule has 1 aromatic heterocycles. The normalized spacial score (nSPS) is 16.8. The van der Waals surface area contributed by atoms with Gasteiger partial charge in [-0.25, -0.2) is 0 Å². The Morgan fingerprint density at radius 2 is 1.72 bits per heavy atom. The van der Waals surface area contributed by atoms with Crippen molar-refractivity contribution in [1.29, 1.82) is 0 Å². The molecule has 1 atom stereocenters. The summed E-state index contributed by atoms with van der Waals surface area (Å²) in [5, 5.41) is 11.3. The van der Waals surface area contributed by atoms with E-state index in [0.717, 1.165) is 0 Å². The maximum atomic E-state index is 13.3. The monoisotopic (exact) mass is 493 g/mol. The topological polar surface area (TPSA) is 108 Å². The number of carbonyl (C=O) groups excluding carboxylic acids is 2. The molecule has 0 saturated carbocycles. The minimum atomic E-state index is -0.959. The van der Waals surface area contributed by atoms with E-state index in [1.165, 1.54) is 32.5 Å². The van der Waals surface area contributed by atoms with Gasteiger partial charge in [-0.1, -0.05) is 12.1 Å². The lowest BCUT2D eigenvalue weighted by Gasteiger charge is -2.26. The van der Waals surface area contributed by atoms with Crippen LogP contribution in [0.3, 0.4) is 0 Å². The van der Waals surface area contributed by atoms with Crippen molar-refractivity contribution in [3.63, 3.8) is 0 Å². The number of hydrogen-bond donors (Lipinski definition) is 1. The molecule has 1 aliphatic rings. The number of amides is 1. The number of aliphatic hydroxyl groups excluding tert-OH is 1. The van der Waals surface area contributed by atoms with Crippen LogP contribution < -0.4 is 18.9 Å². The van der Waals surface area contributed by atoms with E-state index in [4.69, 9.17) is 23.4 Å². The molecule has 0 radical (unpaired) electrons. The minimum absolute atomic E-state index is 0.00860. The van der Waals surface area contributed by atoms with Crippen molar-refractivity contribution in [3.8, 4) is 23.0 Å². The number of Topliss-reactive ketones (excluding diaryl/α,β-unsaturated/α-hetero) is 1. The quantitative estimate of drug-likeness (QED) is 0.267. The van der Waals surface area contributed by atoms with Gasteiger partial charge in [0, 0.05) is 5.56 Å². The van der Waals surface area contributed by atoms with E-state index in [-0.39, 0.29) is 17.9 Å². The predicted molar refractivity (Wildman–Crippen MR) is 130 cm³/mol. The smallest absolute Gasteiger partial charge is 0.296 e. The van der Waals surface area contributed by atoms with Crippen molar-refractivity contribution < 1.29 is 38.1 Å². The van der Waals surface area contributed by atoms with Gasteiger partial charge in [0.05, 0.1) is 52.4 Å². The van der Waals surface area contributed by atoms with E-state index in [0.29, 0.717) is 46.5 Å². The number of ether oxygens (including phenoxy) is 4. The first-order valence-corrected chi connectivity index (χ1v) is 11.3. The third-order valence-corrected chi connectivity index (χ3v) is 5.87. The van der Waals surface area contributed by atoms with Crippen molar-refractivity contribution in [2.75, 3.05) is 27.9 Å². The zero-order valence-corrected chi connectivity index (χ0v) is 20.4. The van der Waals surface area contributed by atoms with Gasteiger partial charge in [0.1, 0.15) is 17.3 Å². The SMILES string of the molecule is CCOc1cccc(C(O)=C2C(=O)C(=O)N(Cc3ccco3)C2c2cc(OC)c(OC)c(OC)c2)c1. The molecule has 9 nitrogen and oxygen atoms in total. The molecular formula is C27H27NO8. The largest absolute Gasteiger partial charge is 0.507 e. The number of benzene rings is 2. The summed E-state index contributed by atoms with van der Waals surface area (Å²) in [6.07, 6.45) is 1.49. The van der Waals surface area contributed by atoms with Crippen LogP contribution in [0.5, 0.6) is 23.0 Å². The van der Waals surface area contributed by atoms with Crippen LogP contribution in [0, 0.1) is 0 Å². The molecule has 2 aromatic carbocycles. The number of rotatable bonds is 9. The van der Waals surface area contributed by atoms with Crippen molar-refractivity contribution in [3.05, 3.63) is 77.3 Å². The van der Waals surface area contributed by atoms with Gasteiger partial charge in [0.25, 0.3) is 11.7 Å². The molecule has 36 heavy (non-hydrogen) atoms. The highest BCUT2D eigenvalue weighted by molar-refractivity contribution is 6.46. The second-order valence-corrected chi connectivity index (χ2v) is 7.93. The molecule has 1 unspecified atom stereocenters. The van der Waals surface area contributed by atoms with Gasteiger partial charge in [-0.05, 0) is 48.9 Å². The fourth-order valence-electron chi connectivity index (χ4n) is 4.27. The van der Waals surface area contributed by atoms with Crippen LogP contribution in [0.15, 0.2) is 64.8 Å². The minimum Gasteiger partial charge on any atom is -0.507 e. The Kier molecular flexibility index (Phi) is 7.19. The second-order valence-electron chi connectivity index (χ2n) is 7.93. The summed E-state index contributed by atoms with van der Waals surface area (Å²) in [4.78, 5) is 27.9. The average molecular weight is 494 g/mol. The van der Waals surface area contributed by atoms with Crippen molar-refractivity contribution in [2.45, 2.75) is 19.5 Å². The first kappa shape index (κ1) is 24.7. The van der Waals surface area contributed by atoms with E-state index in [1.54, 1.807) is 48.5 Å². The number of ketones is 1. The molecule has 188 valence electrons. The highest BCUT2D eigenvalue weighted by atomic mass is 16.5. The van der Waals surface area contributed by atoms with Gasteiger partial charge in [-0.2, -0.15) is 0 Å². The highest BCUT2D eigenvalue weighted by Crippen LogP contribution is 2.46. The fraction of sp³-hybridized carbons (Fsp3) is 0.259. The third kappa shape index (κ3) is 4.47. The van der Waals surface area contributed by atoms with Gasteiger partial charge in [-0.3, -0.25) is 9.59 Å². The maximum absolute atomic E-state index is 13.3. The number of carbonyl (C=O) groups is 2. The van der Waals surface area contributed by atoms with Crippen LogP contribution in [-0.4, -0.2) is 49.6 Å². The Balaban J connectivity index is 1.93. The van der Waals surface area contributed by atoms with Crippen molar-refractivity contribution >= 4 is 17.4 Å². The Morgan fingerprint density at radius 3 is 2.31 bits per heavy atom. The van der Waals surface area contributed by atoms with Crippen LogP contribution in [0.4, 0.5) is 0 Å². The molecular weight excluding hydrogens is 466 g/mol. The zero-order chi connectivity index (χ0) is 25.8. The second kappa shape index (κ2) is 10.5. The molecule has 0 spiro atoms. The molecule has 2 heterocycles. The lowest BCUT2D eigenvalue weighted by atomic mass is 9.94. The number of nitrogens with zero attached hydrogens (tertiary/aromatic N) is 1. The van der Waals surface area contributed by atoms with Gasteiger partial charge in [0.2, 0.25) is 5.75 Å². The lowest BCUT2D eigenvalue weighted by molar-refractivity contribution is -0.140. The Morgan fingerprint density at radius 1 is 1.00 bits per heavy atom. The molecule has 3 aromatic rings. The average Bonchev–Trinajstić information content (AvgIpc) is 3.50. The Bertz CT molecular complexity index is 1270. The molecule has 4 rings (SSSR count). The van der Waals surface area contributed by atoms with Crippen LogP contribution in [0.25, 0.3) is 5.76 Å².